The quantitative estimate of drug-likeness (QED) is 0.867. The fourth-order valence-corrected chi connectivity index (χ4v) is 2.12. The molecule has 2 heterocycles. The van der Waals surface area contributed by atoms with Crippen molar-refractivity contribution >= 4 is 23.2 Å². The first-order valence-electron chi connectivity index (χ1n) is 5.83. The summed E-state index contributed by atoms with van der Waals surface area (Å²) in [7, 11) is 1.52. The zero-order valence-corrected chi connectivity index (χ0v) is 10.9. The molecule has 1 fully saturated rings. The molecular weight excluding hydrogens is 256 g/mol. The average Bonchev–Trinajstić information content (AvgIpc) is 2.89. The summed E-state index contributed by atoms with van der Waals surface area (Å²) in [4.78, 5) is 25.1. The highest BCUT2D eigenvalue weighted by Gasteiger charge is 2.18. The topological polar surface area (TPSA) is 67.2 Å². The molecule has 0 radical (unpaired) electrons. The van der Waals surface area contributed by atoms with Crippen LogP contribution in [0.15, 0.2) is 11.0 Å². The molecule has 1 saturated heterocycles. The van der Waals surface area contributed by atoms with Crippen LogP contribution in [0.4, 0.5) is 5.69 Å². The molecule has 6 nitrogen and oxygen atoms in total. The number of halogens is 1. The summed E-state index contributed by atoms with van der Waals surface area (Å²) < 4.78 is 1.15. The van der Waals surface area contributed by atoms with E-state index in [0.29, 0.717) is 5.69 Å². The van der Waals surface area contributed by atoms with Crippen molar-refractivity contribution < 1.29 is 4.79 Å². The molecule has 0 unspecified atom stereocenters. The molecule has 7 heteroatoms. The Labute approximate surface area is 110 Å². The van der Waals surface area contributed by atoms with Crippen LogP contribution < -0.4 is 10.9 Å². The number of likely N-dealkylation sites (tertiary alicyclic amines) is 1. The zero-order valence-electron chi connectivity index (χ0n) is 10.1. The minimum atomic E-state index is -0.379. The third-order valence-electron chi connectivity index (χ3n) is 2.97. The summed E-state index contributed by atoms with van der Waals surface area (Å²) in [6, 6.07) is 0. The van der Waals surface area contributed by atoms with Crippen LogP contribution in [0.1, 0.15) is 12.8 Å². The van der Waals surface area contributed by atoms with E-state index in [2.05, 4.69) is 10.4 Å². The van der Waals surface area contributed by atoms with Crippen molar-refractivity contribution in [2.45, 2.75) is 12.8 Å². The highest BCUT2D eigenvalue weighted by molar-refractivity contribution is 6.33. The van der Waals surface area contributed by atoms with Gasteiger partial charge in [0.2, 0.25) is 5.91 Å². The Balaban J connectivity index is 2.00. The SMILES string of the molecule is Cn1ncc(NCC(=O)N2CCCC2)c(Cl)c1=O. The maximum atomic E-state index is 11.8. The first-order valence-corrected chi connectivity index (χ1v) is 6.21. The number of aryl methyl sites for hydroxylation is 1. The molecule has 2 rings (SSSR count). The second-order valence-corrected chi connectivity index (χ2v) is 4.62. The third-order valence-corrected chi connectivity index (χ3v) is 3.33. The Kier molecular flexibility index (Phi) is 3.86. The molecule has 0 spiro atoms. The number of nitrogens with one attached hydrogen (secondary N) is 1. The molecular formula is C11H15ClN4O2. The number of amides is 1. The second kappa shape index (κ2) is 5.39. The molecule has 1 amide bonds. The van der Waals surface area contributed by atoms with Crippen LogP contribution in [-0.4, -0.2) is 40.2 Å². The molecule has 1 N–H and O–H groups in total. The molecule has 1 aromatic rings. The molecule has 0 bridgehead atoms. The standard InChI is InChI=1S/C11H15ClN4O2/c1-15-11(18)10(12)8(6-14-15)13-7-9(17)16-4-2-3-5-16/h6,13H,2-5,7H2,1H3. The van der Waals surface area contributed by atoms with Crippen molar-refractivity contribution in [3.63, 3.8) is 0 Å². The molecule has 0 aromatic carbocycles. The number of hydrogen-bond donors (Lipinski definition) is 1. The van der Waals surface area contributed by atoms with Gasteiger partial charge in [0.25, 0.3) is 5.56 Å². The predicted octanol–water partition coefficient (Wildman–Crippen LogP) is 0.468. The molecule has 1 aromatic heterocycles. The van der Waals surface area contributed by atoms with Crippen LogP contribution in [0.25, 0.3) is 0 Å². The summed E-state index contributed by atoms with van der Waals surface area (Å²) in [5.41, 5.74) is 0.0163. The Morgan fingerprint density at radius 3 is 2.83 bits per heavy atom. The number of carbonyl (C=O) groups is 1. The molecule has 98 valence electrons. The maximum Gasteiger partial charge on any atom is 0.287 e. The van der Waals surface area contributed by atoms with Crippen LogP contribution in [0.5, 0.6) is 0 Å². The summed E-state index contributed by atoms with van der Waals surface area (Å²) in [6.45, 7) is 1.75. The summed E-state index contributed by atoms with van der Waals surface area (Å²) in [5, 5.41) is 6.76. The van der Waals surface area contributed by atoms with Gasteiger partial charge in [0, 0.05) is 20.1 Å². The first kappa shape index (κ1) is 12.9. The first-order chi connectivity index (χ1) is 8.59. The Bertz CT molecular complexity index is 508. The van der Waals surface area contributed by atoms with Crippen molar-refractivity contribution in [1.29, 1.82) is 0 Å². The van der Waals surface area contributed by atoms with Crippen molar-refractivity contribution in [2.75, 3.05) is 25.0 Å². The van der Waals surface area contributed by atoms with Crippen LogP contribution in [0, 0.1) is 0 Å². The number of rotatable bonds is 3. The fourth-order valence-electron chi connectivity index (χ4n) is 1.88. The molecule has 0 atom stereocenters. The fraction of sp³-hybridized carbons (Fsp3) is 0.545. The van der Waals surface area contributed by atoms with Crippen molar-refractivity contribution in [2.24, 2.45) is 7.05 Å². The normalized spacial score (nSPS) is 14.9. The van der Waals surface area contributed by atoms with Crippen LogP contribution >= 0.6 is 11.6 Å². The van der Waals surface area contributed by atoms with E-state index in [4.69, 9.17) is 11.6 Å². The lowest BCUT2D eigenvalue weighted by Crippen LogP contribution is -2.33. The Morgan fingerprint density at radius 2 is 2.17 bits per heavy atom. The molecule has 18 heavy (non-hydrogen) atoms. The molecule has 0 saturated carbocycles. The van der Waals surface area contributed by atoms with E-state index in [-0.39, 0.29) is 23.0 Å². The largest absolute Gasteiger partial charge is 0.373 e. The Hall–Kier alpha value is -1.56. The van der Waals surface area contributed by atoms with Crippen molar-refractivity contribution in [1.82, 2.24) is 14.7 Å². The van der Waals surface area contributed by atoms with E-state index < -0.39 is 0 Å². The molecule has 1 aliphatic rings. The number of anilines is 1. The van der Waals surface area contributed by atoms with Gasteiger partial charge in [-0.1, -0.05) is 11.6 Å². The molecule has 0 aliphatic carbocycles. The Morgan fingerprint density at radius 1 is 1.50 bits per heavy atom. The highest BCUT2D eigenvalue weighted by Crippen LogP contribution is 2.15. The van der Waals surface area contributed by atoms with E-state index in [1.54, 1.807) is 4.90 Å². The second-order valence-electron chi connectivity index (χ2n) is 4.24. The minimum absolute atomic E-state index is 0.0178. The van der Waals surface area contributed by atoms with Crippen LogP contribution in [0.3, 0.4) is 0 Å². The van der Waals surface area contributed by atoms with Gasteiger partial charge in [-0.3, -0.25) is 9.59 Å². The number of hydrogen-bond acceptors (Lipinski definition) is 4. The van der Waals surface area contributed by atoms with E-state index >= 15 is 0 Å². The van der Waals surface area contributed by atoms with Crippen LogP contribution in [-0.2, 0) is 11.8 Å². The van der Waals surface area contributed by atoms with Gasteiger partial charge >= 0.3 is 0 Å². The van der Waals surface area contributed by atoms with E-state index in [9.17, 15) is 9.59 Å². The van der Waals surface area contributed by atoms with E-state index in [1.807, 2.05) is 0 Å². The zero-order chi connectivity index (χ0) is 13.1. The monoisotopic (exact) mass is 270 g/mol. The lowest BCUT2D eigenvalue weighted by atomic mass is 10.4. The smallest absolute Gasteiger partial charge is 0.287 e. The van der Waals surface area contributed by atoms with Gasteiger partial charge < -0.3 is 10.2 Å². The molecule has 1 aliphatic heterocycles. The third kappa shape index (κ3) is 2.64. The van der Waals surface area contributed by atoms with Gasteiger partial charge in [0.05, 0.1) is 18.4 Å². The minimum Gasteiger partial charge on any atom is -0.373 e. The number of nitrogens with zero attached hydrogens (tertiary/aromatic N) is 3. The lowest BCUT2D eigenvalue weighted by Gasteiger charge is -2.16. The number of carbonyl (C=O) groups excluding carboxylic acids is 1. The summed E-state index contributed by atoms with van der Waals surface area (Å²) in [6.07, 6.45) is 3.56. The van der Waals surface area contributed by atoms with Gasteiger partial charge in [-0.15, -0.1) is 0 Å². The van der Waals surface area contributed by atoms with Gasteiger partial charge in [-0.2, -0.15) is 5.10 Å². The van der Waals surface area contributed by atoms with Gasteiger partial charge in [-0.05, 0) is 12.8 Å². The maximum absolute atomic E-state index is 11.8. The number of aromatic nitrogens is 2. The predicted molar refractivity (Wildman–Crippen MR) is 68.8 cm³/mol. The van der Waals surface area contributed by atoms with Gasteiger partial charge in [-0.25, -0.2) is 4.68 Å². The van der Waals surface area contributed by atoms with E-state index in [0.717, 1.165) is 30.6 Å². The summed E-state index contributed by atoms with van der Waals surface area (Å²) in [5.74, 6) is 0.0178. The average molecular weight is 271 g/mol. The lowest BCUT2D eigenvalue weighted by molar-refractivity contribution is -0.128. The van der Waals surface area contributed by atoms with Gasteiger partial charge in [0.1, 0.15) is 5.02 Å². The van der Waals surface area contributed by atoms with Crippen molar-refractivity contribution in [3.8, 4) is 0 Å². The van der Waals surface area contributed by atoms with E-state index in [1.165, 1.54) is 13.2 Å². The van der Waals surface area contributed by atoms with Crippen LogP contribution in [0.2, 0.25) is 5.02 Å². The van der Waals surface area contributed by atoms with Crippen molar-refractivity contribution in [3.05, 3.63) is 21.6 Å². The summed E-state index contributed by atoms with van der Waals surface area (Å²) >= 11 is 5.88. The van der Waals surface area contributed by atoms with Gasteiger partial charge in [0.15, 0.2) is 0 Å². The highest BCUT2D eigenvalue weighted by atomic mass is 35.5.